The van der Waals surface area contributed by atoms with E-state index in [0.29, 0.717) is 13.0 Å². The summed E-state index contributed by atoms with van der Waals surface area (Å²) in [6.45, 7) is 2.55. The number of carbonyl (C=O) groups excluding carboxylic acids is 1. The maximum absolute atomic E-state index is 11.2. The second-order valence-corrected chi connectivity index (χ2v) is 4.28. The lowest BCUT2D eigenvalue weighted by molar-refractivity contribution is -0.116. The van der Waals surface area contributed by atoms with Crippen LogP contribution in [0.5, 0.6) is 5.75 Å². The highest BCUT2D eigenvalue weighted by Gasteiger charge is 2.16. The summed E-state index contributed by atoms with van der Waals surface area (Å²) in [6, 6.07) is 3.89. The zero-order chi connectivity index (χ0) is 10.8. The average Bonchev–Trinajstić information content (AvgIpc) is 2.20. The number of ether oxygens (including phenoxy) is 1. The number of amides is 1. The van der Waals surface area contributed by atoms with Gasteiger partial charge in [0, 0.05) is 18.2 Å². The van der Waals surface area contributed by atoms with Crippen molar-refractivity contribution in [3.8, 4) is 5.75 Å². The van der Waals surface area contributed by atoms with Crippen molar-refractivity contribution in [2.75, 3.05) is 11.9 Å². The fourth-order valence-electron chi connectivity index (χ4n) is 1.64. The van der Waals surface area contributed by atoms with E-state index in [0.717, 1.165) is 27.9 Å². The number of benzene rings is 1. The Morgan fingerprint density at radius 3 is 3.00 bits per heavy atom. The molecule has 1 aromatic carbocycles. The van der Waals surface area contributed by atoms with E-state index in [2.05, 4.69) is 21.2 Å². The molecule has 0 atom stereocenters. The number of anilines is 1. The molecule has 0 bridgehead atoms. The standard InChI is InChI=1S/C11H12BrNO2/c1-2-15-10-6-9-7(5-8(10)12)3-4-11(14)13-9/h5-6H,2-4H2,1H3,(H,13,14). The zero-order valence-electron chi connectivity index (χ0n) is 8.47. The van der Waals surface area contributed by atoms with Gasteiger partial charge in [0.25, 0.3) is 0 Å². The van der Waals surface area contributed by atoms with Crippen LogP contribution in [0, 0.1) is 0 Å². The maximum Gasteiger partial charge on any atom is 0.224 e. The minimum absolute atomic E-state index is 0.0762. The van der Waals surface area contributed by atoms with Crippen LogP contribution in [-0.4, -0.2) is 12.5 Å². The molecule has 3 nitrogen and oxygen atoms in total. The van der Waals surface area contributed by atoms with Crippen molar-refractivity contribution in [3.05, 3.63) is 22.2 Å². The average molecular weight is 270 g/mol. The number of halogens is 1. The van der Waals surface area contributed by atoms with Gasteiger partial charge in [-0.05, 0) is 40.9 Å². The number of rotatable bonds is 2. The molecule has 1 aliphatic heterocycles. The Hall–Kier alpha value is -1.03. The smallest absolute Gasteiger partial charge is 0.224 e. The Morgan fingerprint density at radius 2 is 2.27 bits per heavy atom. The first-order valence-electron chi connectivity index (χ1n) is 4.95. The molecule has 0 spiro atoms. The van der Waals surface area contributed by atoms with E-state index in [1.165, 1.54) is 0 Å². The third kappa shape index (κ3) is 2.15. The molecule has 2 rings (SSSR count). The minimum atomic E-state index is 0.0762. The summed E-state index contributed by atoms with van der Waals surface area (Å²) in [5.74, 6) is 0.853. The van der Waals surface area contributed by atoms with Gasteiger partial charge in [0.2, 0.25) is 5.91 Å². The van der Waals surface area contributed by atoms with E-state index in [4.69, 9.17) is 4.74 Å². The molecule has 1 aliphatic rings. The van der Waals surface area contributed by atoms with Crippen LogP contribution in [0.3, 0.4) is 0 Å². The number of hydrogen-bond acceptors (Lipinski definition) is 2. The summed E-state index contributed by atoms with van der Waals surface area (Å²) < 4.78 is 6.38. The number of hydrogen-bond donors (Lipinski definition) is 1. The molecule has 0 saturated heterocycles. The van der Waals surface area contributed by atoms with Gasteiger partial charge in [-0.1, -0.05) is 0 Å². The summed E-state index contributed by atoms with van der Waals surface area (Å²) in [4.78, 5) is 11.2. The lowest BCUT2D eigenvalue weighted by atomic mass is 10.0. The van der Waals surface area contributed by atoms with Gasteiger partial charge in [-0.2, -0.15) is 0 Å². The molecule has 1 N–H and O–H groups in total. The normalized spacial score (nSPS) is 14.4. The molecule has 80 valence electrons. The van der Waals surface area contributed by atoms with Crippen LogP contribution in [-0.2, 0) is 11.2 Å². The molecule has 0 unspecified atom stereocenters. The van der Waals surface area contributed by atoms with Gasteiger partial charge in [0.05, 0.1) is 11.1 Å². The molecule has 1 amide bonds. The van der Waals surface area contributed by atoms with E-state index >= 15 is 0 Å². The first-order valence-corrected chi connectivity index (χ1v) is 5.75. The van der Waals surface area contributed by atoms with Gasteiger partial charge in [-0.3, -0.25) is 4.79 Å². The third-order valence-electron chi connectivity index (χ3n) is 2.35. The van der Waals surface area contributed by atoms with Crippen LogP contribution in [0.1, 0.15) is 18.9 Å². The highest BCUT2D eigenvalue weighted by molar-refractivity contribution is 9.10. The minimum Gasteiger partial charge on any atom is -0.493 e. The van der Waals surface area contributed by atoms with Crippen molar-refractivity contribution in [1.29, 1.82) is 0 Å². The second kappa shape index (κ2) is 4.23. The Kier molecular flexibility index (Phi) is 2.95. The van der Waals surface area contributed by atoms with Gasteiger partial charge in [-0.25, -0.2) is 0 Å². The number of aryl methyl sites for hydroxylation is 1. The first kappa shape index (κ1) is 10.5. The topological polar surface area (TPSA) is 38.3 Å². The molecular weight excluding hydrogens is 258 g/mol. The Labute approximate surface area is 96.9 Å². The molecular formula is C11H12BrNO2. The van der Waals surface area contributed by atoms with Crippen LogP contribution in [0.25, 0.3) is 0 Å². The first-order chi connectivity index (χ1) is 7.20. The van der Waals surface area contributed by atoms with Crippen molar-refractivity contribution in [3.63, 3.8) is 0 Å². The van der Waals surface area contributed by atoms with E-state index in [9.17, 15) is 4.79 Å². The summed E-state index contributed by atoms with van der Waals surface area (Å²) >= 11 is 3.45. The SMILES string of the molecule is CCOc1cc2c(cc1Br)CCC(=O)N2. The van der Waals surface area contributed by atoms with Crippen molar-refractivity contribution in [2.45, 2.75) is 19.8 Å². The predicted molar refractivity (Wildman–Crippen MR) is 62.3 cm³/mol. The predicted octanol–water partition coefficient (Wildman–Crippen LogP) is 2.73. The van der Waals surface area contributed by atoms with Crippen LogP contribution < -0.4 is 10.1 Å². The number of fused-ring (bicyclic) bond motifs is 1. The Balaban J connectivity index is 2.38. The number of carbonyl (C=O) groups is 1. The second-order valence-electron chi connectivity index (χ2n) is 3.42. The molecule has 0 aromatic heterocycles. The van der Waals surface area contributed by atoms with Crippen LogP contribution in [0.4, 0.5) is 5.69 Å². The van der Waals surface area contributed by atoms with Gasteiger partial charge in [0.15, 0.2) is 0 Å². The van der Waals surface area contributed by atoms with Crippen molar-refractivity contribution in [1.82, 2.24) is 0 Å². The molecule has 1 heterocycles. The molecule has 1 aromatic rings. The molecule has 0 aliphatic carbocycles. The zero-order valence-corrected chi connectivity index (χ0v) is 10.1. The molecule has 15 heavy (non-hydrogen) atoms. The summed E-state index contributed by atoms with van der Waals surface area (Å²) in [5.41, 5.74) is 2.03. The van der Waals surface area contributed by atoms with Crippen molar-refractivity contribution in [2.24, 2.45) is 0 Å². The van der Waals surface area contributed by atoms with Crippen LogP contribution in [0.15, 0.2) is 16.6 Å². The summed E-state index contributed by atoms with van der Waals surface area (Å²) in [6.07, 6.45) is 1.36. The Bertz CT molecular complexity index is 404. The van der Waals surface area contributed by atoms with Gasteiger partial charge in [0.1, 0.15) is 5.75 Å². The van der Waals surface area contributed by atoms with E-state index in [1.54, 1.807) is 0 Å². The molecule has 0 saturated carbocycles. The third-order valence-corrected chi connectivity index (χ3v) is 2.97. The molecule has 0 fully saturated rings. The largest absolute Gasteiger partial charge is 0.493 e. The Morgan fingerprint density at radius 1 is 1.47 bits per heavy atom. The van der Waals surface area contributed by atoms with Gasteiger partial charge in [-0.15, -0.1) is 0 Å². The van der Waals surface area contributed by atoms with Crippen molar-refractivity contribution < 1.29 is 9.53 Å². The lowest BCUT2D eigenvalue weighted by Crippen LogP contribution is -2.19. The maximum atomic E-state index is 11.2. The summed E-state index contributed by atoms with van der Waals surface area (Å²) in [5, 5.41) is 2.85. The van der Waals surface area contributed by atoms with E-state index in [-0.39, 0.29) is 5.91 Å². The fourth-order valence-corrected chi connectivity index (χ4v) is 2.15. The molecule has 4 heteroatoms. The van der Waals surface area contributed by atoms with Gasteiger partial charge < -0.3 is 10.1 Å². The number of nitrogens with one attached hydrogen (secondary N) is 1. The highest BCUT2D eigenvalue weighted by atomic mass is 79.9. The van der Waals surface area contributed by atoms with Crippen molar-refractivity contribution >= 4 is 27.5 Å². The van der Waals surface area contributed by atoms with E-state index < -0.39 is 0 Å². The van der Waals surface area contributed by atoms with Gasteiger partial charge >= 0.3 is 0 Å². The lowest BCUT2D eigenvalue weighted by Gasteiger charge is -2.18. The van der Waals surface area contributed by atoms with Crippen LogP contribution in [0.2, 0.25) is 0 Å². The summed E-state index contributed by atoms with van der Waals surface area (Å²) in [7, 11) is 0. The molecule has 0 radical (unpaired) electrons. The monoisotopic (exact) mass is 269 g/mol. The van der Waals surface area contributed by atoms with E-state index in [1.807, 2.05) is 19.1 Å². The highest BCUT2D eigenvalue weighted by Crippen LogP contribution is 2.34. The fraction of sp³-hybridized carbons (Fsp3) is 0.364. The van der Waals surface area contributed by atoms with Crippen LogP contribution >= 0.6 is 15.9 Å². The quantitative estimate of drug-likeness (QED) is 0.897.